The Labute approximate surface area is 164 Å². The molecule has 0 radical (unpaired) electrons. The molecule has 0 spiro atoms. The molecule has 4 nitrogen and oxygen atoms in total. The van der Waals surface area contributed by atoms with Crippen molar-refractivity contribution in [1.82, 2.24) is 4.90 Å². The summed E-state index contributed by atoms with van der Waals surface area (Å²) in [5.41, 5.74) is 1.39. The molecule has 0 bridgehead atoms. The van der Waals surface area contributed by atoms with Crippen molar-refractivity contribution in [1.29, 1.82) is 0 Å². The van der Waals surface area contributed by atoms with Gasteiger partial charge in [-0.2, -0.15) is 0 Å². The Bertz CT molecular complexity index is 1010. The fraction of sp³-hybridized carbons (Fsp3) is 0.250. The number of rotatable bonds is 6. The zero-order valence-corrected chi connectivity index (χ0v) is 16.1. The smallest absolute Gasteiger partial charge is 0.254 e. The lowest BCUT2D eigenvalue weighted by molar-refractivity contribution is 0.0770. The molecule has 0 saturated heterocycles. The Morgan fingerprint density at radius 1 is 0.964 bits per heavy atom. The van der Waals surface area contributed by atoms with Crippen molar-refractivity contribution in [2.45, 2.75) is 25.8 Å². The van der Waals surface area contributed by atoms with Crippen molar-refractivity contribution in [3.8, 4) is 0 Å². The summed E-state index contributed by atoms with van der Waals surface area (Å²) in [6.07, 6.45) is 1.16. The molecule has 2 atom stereocenters. The van der Waals surface area contributed by atoms with E-state index in [2.05, 4.69) is 6.92 Å². The topological polar surface area (TPSA) is 50.5 Å². The van der Waals surface area contributed by atoms with Crippen molar-refractivity contribution in [3.05, 3.63) is 94.9 Å². The average Bonchev–Trinajstić information content (AvgIpc) is 3.28. The quantitative estimate of drug-likeness (QED) is 0.577. The lowest BCUT2D eigenvalue weighted by Crippen LogP contribution is -2.27. The summed E-state index contributed by atoms with van der Waals surface area (Å²) < 4.78 is 5.92. The van der Waals surface area contributed by atoms with Crippen LogP contribution in [0.3, 0.4) is 0 Å². The van der Waals surface area contributed by atoms with Gasteiger partial charge in [-0.1, -0.05) is 55.5 Å². The predicted octanol–water partition coefficient (Wildman–Crippen LogP) is 4.91. The molecule has 1 aromatic heterocycles. The Morgan fingerprint density at radius 2 is 1.61 bits per heavy atom. The number of furan rings is 1. The van der Waals surface area contributed by atoms with E-state index in [1.807, 2.05) is 30.3 Å². The first-order valence-electron chi connectivity index (χ1n) is 9.57. The number of ketones is 1. The third kappa shape index (κ3) is 3.63. The number of hydrogen-bond acceptors (Lipinski definition) is 3. The predicted molar refractivity (Wildman–Crippen MR) is 107 cm³/mol. The molecule has 4 rings (SSSR count). The van der Waals surface area contributed by atoms with E-state index in [4.69, 9.17) is 4.42 Å². The number of carbonyl (C=O) groups excluding carboxylic acids is 2. The van der Waals surface area contributed by atoms with Crippen LogP contribution in [0.15, 0.2) is 71.1 Å². The Morgan fingerprint density at radius 3 is 2.29 bits per heavy atom. The second-order valence-electron chi connectivity index (χ2n) is 7.53. The lowest BCUT2D eigenvalue weighted by atomic mass is 9.97. The van der Waals surface area contributed by atoms with Gasteiger partial charge in [0, 0.05) is 24.1 Å². The molecule has 0 N–H and O–H groups in total. The number of nitrogens with zero attached hydrogens (tertiary/aromatic N) is 1. The lowest BCUT2D eigenvalue weighted by Gasteiger charge is -2.17. The normalized spacial score (nSPS) is 17.9. The average molecular weight is 373 g/mol. The first kappa shape index (κ1) is 18.2. The van der Waals surface area contributed by atoms with Gasteiger partial charge in [0.2, 0.25) is 0 Å². The third-order valence-electron chi connectivity index (χ3n) is 5.34. The van der Waals surface area contributed by atoms with Crippen LogP contribution in [0.1, 0.15) is 57.1 Å². The maximum atomic E-state index is 13.0. The van der Waals surface area contributed by atoms with Gasteiger partial charge in [0.15, 0.2) is 5.78 Å². The van der Waals surface area contributed by atoms with Crippen molar-refractivity contribution < 1.29 is 14.0 Å². The van der Waals surface area contributed by atoms with Gasteiger partial charge in [0.05, 0.1) is 12.1 Å². The van der Waals surface area contributed by atoms with Crippen LogP contribution in [0, 0.1) is 5.92 Å². The monoisotopic (exact) mass is 373 g/mol. The highest BCUT2D eigenvalue weighted by Crippen LogP contribution is 2.47. The van der Waals surface area contributed by atoms with Crippen molar-refractivity contribution in [2.75, 3.05) is 7.05 Å². The van der Waals surface area contributed by atoms with Crippen LogP contribution in [0.2, 0.25) is 0 Å². The maximum absolute atomic E-state index is 13.0. The Hall–Kier alpha value is -3.14. The molecular formula is C24H23NO3. The van der Waals surface area contributed by atoms with Crippen molar-refractivity contribution in [2.24, 2.45) is 5.92 Å². The fourth-order valence-corrected chi connectivity index (χ4v) is 3.52. The number of benzene rings is 2. The summed E-state index contributed by atoms with van der Waals surface area (Å²) in [4.78, 5) is 27.5. The van der Waals surface area contributed by atoms with Gasteiger partial charge in [0.1, 0.15) is 11.5 Å². The second kappa shape index (κ2) is 7.47. The number of carbonyl (C=O) groups is 2. The maximum Gasteiger partial charge on any atom is 0.254 e. The summed E-state index contributed by atoms with van der Waals surface area (Å²) >= 11 is 0. The first-order valence-corrected chi connectivity index (χ1v) is 9.57. The first-order chi connectivity index (χ1) is 13.5. The molecule has 1 fully saturated rings. The third-order valence-corrected chi connectivity index (χ3v) is 5.34. The highest BCUT2D eigenvalue weighted by Gasteiger charge is 2.36. The molecule has 1 heterocycles. The molecule has 1 amide bonds. The van der Waals surface area contributed by atoms with E-state index in [9.17, 15) is 9.59 Å². The summed E-state index contributed by atoms with van der Waals surface area (Å²) in [6.45, 7) is 2.58. The van der Waals surface area contributed by atoms with Crippen molar-refractivity contribution in [3.63, 3.8) is 0 Å². The Balaban J connectivity index is 1.53. The highest BCUT2D eigenvalue weighted by molar-refractivity contribution is 6.15. The minimum Gasteiger partial charge on any atom is -0.464 e. The number of hydrogen-bond donors (Lipinski definition) is 0. The largest absolute Gasteiger partial charge is 0.464 e. The summed E-state index contributed by atoms with van der Waals surface area (Å²) in [6, 6.07) is 19.9. The van der Waals surface area contributed by atoms with E-state index in [1.54, 1.807) is 48.3 Å². The van der Waals surface area contributed by atoms with Crippen LogP contribution in [0.4, 0.5) is 0 Å². The van der Waals surface area contributed by atoms with Gasteiger partial charge in [-0.05, 0) is 30.5 Å². The van der Waals surface area contributed by atoms with Gasteiger partial charge in [-0.25, -0.2) is 0 Å². The summed E-state index contributed by atoms with van der Waals surface area (Å²) in [5, 5.41) is 0. The Kier molecular flexibility index (Phi) is 4.86. The van der Waals surface area contributed by atoms with Gasteiger partial charge >= 0.3 is 0 Å². The van der Waals surface area contributed by atoms with E-state index in [1.165, 1.54) is 0 Å². The van der Waals surface area contributed by atoms with Crippen LogP contribution in [-0.4, -0.2) is 23.6 Å². The molecular weight excluding hydrogens is 350 g/mol. The molecule has 1 aliphatic rings. The highest BCUT2D eigenvalue weighted by atomic mass is 16.3. The van der Waals surface area contributed by atoms with Crippen LogP contribution < -0.4 is 0 Å². The molecule has 0 aliphatic heterocycles. The summed E-state index contributed by atoms with van der Waals surface area (Å²) in [7, 11) is 1.73. The van der Waals surface area contributed by atoms with E-state index in [0.717, 1.165) is 17.9 Å². The standard InChI is InChI=1S/C24H23NO3/c1-16-14-21(16)22-13-12-18(28-22)15-25(2)24(27)20-11-7-6-10-19(20)23(26)17-8-4-3-5-9-17/h3-13,16,21H,14-15H2,1-2H3. The molecule has 28 heavy (non-hydrogen) atoms. The fourth-order valence-electron chi connectivity index (χ4n) is 3.52. The van der Waals surface area contributed by atoms with Gasteiger partial charge in [-0.3, -0.25) is 9.59 Å². The van der Waals surface area contributed by atoms with Gasteiger partial charge in [-0.15, -0.1) is 0 Å². The van der Waals surface area contributed by atoms with Gasteiger partial charge in [0.25, 0.3) is 5.91 Å². The van der Waals surface area contributed by atoms with Crippen LogP contribution in [0.25, 0.3) is 0 Å². The molecule has 2 aromatic carbocycles. The second-order valence-corrected chi connectivity index (χ2v) is 7.53. The van der Waals surface area contributed by atoms with E-state index >= 15 is 0 Å². The molecule has 142 valence electrons. The molecule has 4 heteroatoms. The van der Waals surface area contributed by atoms with Crippen molar-refractivity contribution >= 4 is 11.7 Å². The van der Waals surface area contributed by atoms with Crippen LogP contribution in [0.5, 0.6) is 0 Å². The zero-order chi connectivity index (χ0) is 19.7. The van der Waals surface area contributed by atoms with Crippen LogP contribution >= 0.6 is 0 Å². The molecule has 2 unspecified atom stereocenters. The minimum absolute atomic E-state index is 0.152. The number of amides is 1. The van der Waals surface area contributed by atoms with E-state index in [-0.39, 0.29) is 11.7 Å². The van der Waals surface area contributed by atoms with Crippen LogP contribution in [-0.2, 0) is 6.54 Å². The minimum atomic E-state index is -0.197. The zero-order valence-electron chi connectivity index (χ0n) is 16.1. The van der Waals surface area contributed by atoms with E-state index < -0.39 is 0 Å². The molecule has 1 saturated carbocycles. The van der Waals surface area contributed by atoms with Gasteiger partial charge < -0.3 is 9.32 Å². The van der Waals surface area contributed by atoms with E-state index in [0.29, 0.717) is 35.1 Å². The molecule has 1 aliphatic carbocycles. The SMILES string of the molecule is CC1CC1c1ccc(CN(C)C(=O)c2ccccc2C(=O)c2ccccc2)o1. The summed E-state index contributed by atoms with van der Waals surface area (Å²) in [5.74, 6) is 2.60. The molecule has 3 aromatic rings.